The molecule has 2 rings (SSSR count). The van der Waals surface area contributed by atoms with Gasteiger partial charge in [0.15, 0.2) is 0 Å². The molecule has 0 amide bonds. The number of hydrogen-bond acceptors (Lipinski definition) is 5. The Morgan fingerprint density at radius 3 is 2.65 bits per heavy atom. The van der Waals surface area contributed by atoms with E-state index in [9.17, 15) is 4.79 Å². The number of carboxylic acid groups (broad SMARTS) is 1. The molecule has 1 heterocycles. The van der Waals surface area contributed by atoms with Gasteiger partial charge in [0, 0.05) is 5.75 Å². The van der Waals surface area contributed by atoms with E-state index in [1.807, 2.05) is 31.2 Å². The Morgan fingerprint density at radius 2 is 2.05 bits per heavy atom. The molecule has 106 valence electrons. The van der Waals surface area contributed by atoms with Gasteiger partial charge in [-0.3, -0.25) is 4.79 Å². The molecule has 1 aromatic carbocycles. The van der Waals surface area contributed by atoms with Gasteiger partial charge in [0.1, 0.15) is 10.8 Å². The summed E-state index contributed by atoms with van der Waals surface area (Å²) in [6.07, 6.45) is 0.133. The molecule has 0 fully saturated rings. The third-order valence-corrected chi connectivity index (χ3v) is 4.13. The number of methoxy groups -OCH3 is 1. The topological polar surface area (TPSA) is 71.2 Å². The average molecular weight is 292 g/mol. The van der Waals surface area contributed by atoms with Crippen LogP contribution in [0.3, 0.4) is 0 Å². The van der Waals surface area contributed by atoms with Crippen molar-refractivity contribution in [2.24, 2.45) is 16.1 Å². The van der Waals surface area contributed by atoms with Gasteiger partial charge in [-0.05, 0) is 29.8 Å². The first-order chi connectivity index (χ1) is 9.61. The molecule has 0 spiro atoms. The van der Waals surface area contributed by atoms with Crippen LogP contribution in [0.5, 0.6) is 5.75 Å². The summed E-state index contributed by atoms with van der Waals surface area (Å²) in [6, 6.07) is 7.68. The number of ether oxygens (including phenoxy) is 1. The van der Waals surface area contributed by atoms with Gasteiger partial charge < -0.3 is 9.84 Å². The van der Waals surface area contributed by atoms with Gasteiger partial charge in [-0.2, -0.15) is 5.10 Å². The van der Waals surface area contributed by atoms with Crippen molar-refractivity contribution < 1.29 is 14.6 Å². The van der Waals surface area contributed by atoms with Gasteiger partial charge in [-0.25, -0.2) is 0 Å². The Kier molecular flexibility index (Phi) is 4.79. The van der Waals surface area contributed by atoms with Gasteiger partial charge in [-0.15, -0.1) is 16.9 Å². The zero-order chi connectivity index (χ0) is 14.5. The molecule has 1 aliphatic heterocycles. The number of hydrogen-bond donors (Lipinski definition) is 1. The number of carboxylic acids is 1. The molecule has 1 aromatic rings. The van der Waals surface area contributed by atoms with Gasteiger partial charge in [-0.1, -0.05) is 6.92 Å². The second kappa shape index (κ2) is 6.56. The summed E-state index contributed by atoms with van der Waals surface area (Å²) in [5.74, 6) is 0.628. The maximum absolute atomic E-state index is 10.5. The van der Waals surface area contributed by atoms with Crippen molar-refractivity contribution in [1.29, 1.82) is 0 Å². The quantitative estimate of drug-likeness (QED) is 0.905. The molecule has 1 N–H and O–H groups in total. The van der Waals surface area contributed by atoms with E-state index in [4.69, 9.17) is 9.84 Å². The first-order valence-corrected chi connectivity index (χ1v) is 7.25. The van der Waals surface area contributed by atoms with Crippen LogP contribution in [0.2, 0.25) is 0 Å². The first kappa shape index (κ1) is 14.6. The first-order valence-electron chi connectivity index (χ1n) is 6.26. The average Bonchev–Trinajstić information content (AvgIpc) is 2.80. The predicted octanol–water partition coefficient (Wildman–Crippen LogP) is 2.66. The van der Waals surface area contributed by atoms with Crippen molar-refractivity contribution in [3.05, 3.63) is 29.8 Å². The Balaban J connectivity index is 1.97. The van der Waals surface area contributed by atoms with Crippen LogP contribution in [-0.2, 0) is 4.79 Å². The molecule has 20 heavy (non-hydrogen) atoms. The SMILES string of the molecule is COc1ccc(C2=NN=C(SCCC(=O)O)C2C)cc1. The summed E-state index contributed by atoms with van der Waals surface area (Å²) < 4.78 is 5.13. The molecule has 0 bridgehead atoms. The molecule has 0 aromatic heterocycles. The van der Waals surface area contributed by atoms with E-state index in [-0.39, 0.29) is 12.3 Å². The summed E-state index contributed by atoms with van der Waals surface area (Å²) in [5.41, 5.74) is 1.92. The highest BCUT2D eigenvalue weighted by Gasteiger charge is 2.24. The zero-order valence-corrected chi connectivity index (χ0v) is 12.2. The zero-order valence-electron chi connectivity index (χ0n) is 11.4. The lowest BCUT2D eigenvalue weighted by Crippen LogP contribution is -2.16. The van der Waals surface area contributed by atoms with Crippen LogP contribution >= 0.6 is 11.8 Å². The monoisotopic (exact) mass is 292 g/mol. The summed E-state index contributed by atoms with van der Waals surface area (Å²) in [7, 11) is 1.63. The summed E-state index contributed by atoms with van der Waals surface area (Å²) in [6.45, 7) is 2.03. The summed E-state index contributed by atoms with van der Waals surface area (Å²) >= 11 is 1.46. The molecule has 0 saturated heterocycles. The second-order valence-electron chi connectivity index (χ2n) is 4.37. The highest BCUT2D eigenvalue weighted by Crippen LogP contribution is 2.25. The van der Waals surface area contributed by atoms with Crippen molar-refractivity contribution in [1.82, 2.24) is 0 Å². The lowest BCUT2D eigenvalue weighted by molar-refractivity contribution is -0.136. The molecule has 0 radical (unpaired) electrons. The Morgan fingerprint density at radius 1 is 1.35 bits per heavy atom. The molecule has 1 unspecified atom stereocenters. The molecule has 6 heteroatoms. The molecule has 0 saturated carbocycles. The van der Waals surface area contributed by atoms with Crippen molar-refractivity contribution in [2.75, 3.05) is 12.9 Å². The van der Waals surface area contributed by atoms with E-state index in [1.165, 1.54) is 11.8 Å². The number of benzene rings is 1. The van der Waals surface area contributed by atoms with Crippen molar-refractivity contribution in [2.45, 2.75) is 13.3 Å². The maximum atomic E-state index is 10.5. The molecular formula is C14H16N2O3S. The van der Waals surface area contributed by atoms with E-state index in [0.717, 1.165) is 22.1 Å². The van der Waals surface area contributed by atoms with Crippen LogP contribution in [0.4, 0.5) is 0 Å². The second-order valence-corrected chi connectivity index (χ2v) is 5.48. The Bertz CT molecular complexity index is 552. The Hall–Kier alpha value is -1.82. The van der Waals surface area contributed by atoms with Crippen LogP contribution in [0.1, 0.15) is 18.9 Å². The largest absolute Gasteiger partial charge is 0.497 e. The highest BCUT2D eigenvalue weighted by molar-refractivity contribution is 8.14. The van der Waals surface area contributed by atoms with Crippen LogP contribution < -0.4 is 4.74 Å². The van der Waals surface area contributed by atoms with E-state index >= 15 is 0 Å². The minimum absolute atomic E-state index is 0.0992. The summed E-state index contributed by atoms with van der Waals surface area (Å²) in [4.78, 5) is 10.5. The molecule has 0 aliphatic carbocycles. The van der Waals surface area contributed by atoms with Gasteiger partial charge in [0.05, 0.1) is 25.2 Å². The van der Waals surface area contributed by atoms with E-state index in [0.29, 0.717) is 5.75 Å². The fourth-order valence-electron chi connectivity index (χ4n) is 1.86. The van der Waals surface area contributed by atoms with Gasteiger partial charge in [0.2, 0.25) is 0 Å². The highest BCUT2D eigenvalue weighted by atomic mass is 32.2. The van der Waals surface area contributed by atoms with Crippen LogP contribution in [0, 0.1) is 5.92 Å². The summed E-state index contributed by atoms with van der Waals surface area (Å²) in [5, 5.41) is 17.9. The smallest absolute Gasteiger partial charge is 0.304 e. The van der Waals surface area contributed by atoms with Crippen LogP contribution in [0.25, 0.3) is 0 Å². The fraction of sp³-hybridized carbons (Fsp3) is 0.357. The lowest BCUT2D eigenvalue weighted by Gasteiger charge is -2.10. The van der Waals surface area contributed by atoms with Crippen molar-refractivity contribution in [3.63, 3.8) is 0 Å². The molecule has 1 atom stereocenters. The standard InChI is InChI=1S/C14H16N2O3S/c1-9-13(10-3-5-11(19-2)6-4-10)15-16-14(9)20-8-7-12(17)18/h3-6,9H,7-8H2,1-2H3,(H,17,18). The lowest BCUT2D eigenvalue weighted by atomic mass is 10.00. The molecular weight excluding hydrogens is 276 g/mol. The third-order valence-electron chi connectivity index (χ3n) is 2.99. The van der Waals surface area contributed by atoms with Crippen molar-refractivity contribution in [3.8, 4) is 5.75 Å². The number of aliphatic carboxylic acids is 1. The Labute approximate surface area is 121 Å². The molecule has 1 aliphatic rings. The van der Waals surface area contributed by atoms with Crippen molar-refractivity contribution >= 4 is 28.5 Å². The fourth-order valence-corrected chi connectivity index (χ4v) is 2.81. The van der Waals surface area contributed by atoms with Crippen LogP contribution in [-0.4, -0.2) is 34.7 Å². The normalized spacial score (nSPS) is 17.6. The number of nitrogens with zero attached hydrogens (tertiary/aromatic N) is 2. The van der Waals surface area contributed by atoms with Crippen LogP contribution in [0.15, 0.2) is 34.5 Å². The minimum atomic E-state index is -0.792. The van der Waals surface area contributed by atoms with Gasteiger partial charge in [0.25, 0.3) is 0 Å². The molecule has 5 nitrogen and oxygen atoms in total. The van der Waals surface area contributed by atoms with E-state index < -0.39 is 5.97 Å². The number of thioether (sulfide) groups is 1. The van der Waals surface area contributed by atoms with Gasteiger partial charge >= 0.3 is 5.97 Å². The number of carbonyl (C=O) groups is 1. The maximum Gasteiger partial charge on any atom is 0.304 e. The van der Waals surface area contributed by atoms with E-state index in [2.05, 4.69) is 10.2 Å². The third kappa shape index (κ3) is 3.39. The predicted molar refractivity (Wildman–Crippen MR) is 80.8 cm³/mol. The minimum Gasteiger partial charge on any atom is -0.497 e. The van der Waals surface area contributed by atoms with E-state index in [1.54, 1.807) is 7.11 Å². The number of rotatable bonds is 5.